The number of rotatable bonds is 5. The molecule has 0 saturated carbocycles. The highest BCUT2D eigenvalue weighted by atomic mass is 32.2. The van der Waals surface area contributed by atoms with Crippen molar-refractivity contribution in [1.29, 1.82) is 0 Å². The molecule has 1 aromatic rings. The molecule has 0 saturated heterocycles. The lowest BCUT2D eigenvalue weighted by Gasteiger charge is -2.20. The molecule has 6 nitrogen and oxygen atoms in total. The molecule has 1 amide bonds. The lowest BCUT2D eigenvalue weighted by molar-refractivity contribution is -0.126. The number of nitrogens with zero attached hydrogens (tertiary/aromatic N) is 1. The number of sulfonamides is 1. The highest BCUT2D eigenvalue weighted by Crippen LogP contribution is 2.26. The third-order valence-corrected chi connectivity index (χ3v) is 5.44. The molecule has 0 aliphatic rings. The Bertz CT molecular complexity index is 656. The fourth-order valence-corrected chi connectivity index (χ4v) is 4.06. The number of hydrazine groups is 1. The van der Waals surface area contributed by atoms with Gasteiger partial charge in [0.2, 0.25) is 10.0 Å². The van der Waals surface area contributed by atoms with Gasteiger partial charge in [-0.3, -0.25) is 10.2 Å². The van der Waals surface area contributed by atoms with Crippen LogP contribution in [0.5, 0.6) is 0 Å². The third-order valence-electron chi connectivity index (χ3n) is 3.62. The van der Waals surface area contributed by atoms with Crippen LogP contribution >= 0.6 is 0 Å². The van der Waals surface area contributed by atoms with Crippen molar-refractivity contribution in [2.45, 2.75) is 45.6 Å². The topological polar surface area (TPSA) is 78.5 Å². The maximum absolute atomic E-state index is 12.7. The van der Waals surface area contributed by atoms with Gasteiger partial charge >= 0.3 is 0 Å². The normalized spacial score (nSPS) is 13.3. The average Bonchev–Trinajstić information content (AvgIpc) is 2.34. The molecule has 0 bridgehead atoms. The second kappa shape index (κ2) is 6.76. The van der Waals surface area contributed by atoms with Crippen molar-refractivity contribution in [3.05, 3.63) is 28.3 Å². The van der Waals surface area contributed by atoms with E-state index in [0.717, 1.165) is 11.1 Å². The molecule has 0 aliphatic heterocycles. The van der Waals surface area contributed by atoms with Crippen molar-refractivity contribution in [2.24, 2.45) is 0 Å². The lowest BCUT2D eigenvalue weighted by Crippen LogP contribution is -2.49. The summed E-state index contributed by atoms with van der Waals surface area (Å²) in [5, 5.41) is 1.47. The van der Waals surface area contributed by atoms with Crippen LogP contribution in [0, 0.1) is 27.7 Å². The molecule has 0 aromatic heterocycles. The number of amides is 1. The van der Waals surface area contributed by atoms with Gasteiger partial charge in [-0.2, -0.15) is 4.72 Å². The molecular weight excluding hydrogens is 302 g/mol. The van der Waals surface area contributed by atoms with E-state index < -0.39 is 22.0 Å². The van der Waals surface area contributed by atoms with E-state index in [9.17, 15) is 13.2 Å². The van der Waals surface area contributed by atoms with Gasteiger partial charge in [0, 0.05) is 14.1 Å². The number of carbonyl (C=O) groups is 1. The van der Waals surface area contributed by atoms with Crippen molar-refractivity contribution in [1.82, 2.24) is 15.2 Å². The summed E-state index contributed by atoms with van der Waals surface area (Å²) >= 11 is 0. The molecule has 7 heteroatoms. The van der Waals surface area contributed by atoms with Crippen LogP contribution in [0.3, 0.4) is 0 Å². The molecule has 0 radical (unpaired) electrons. The minimum Gasteiger partial charge on any atom is -0.288 e. The van der Waals surface area contributed by atoms with Crippen LogP contribution in [0.1, 0.15) is 29.2 Å². The smallest absolute Gasteiger partial charge is 0.252 e. The molecule has 0 heterocycles. The maximum Gasteiger partial charge on any atom is 0.252 e. The van der Waals surface area contributed by atoms with Gasteiger partial charge in [0.1, 0.15) is 0 Å². The van der Waals surface area contributed by atoms with Gasteiger partial charge in [0.25, 0.3) is 5.91 Å². The molecule has 0 fully saturated rings. The van der Waals surface area contributed by atoms with Crippen LogP contribution in [0.15, 0.2) is 11.0 Å². The largest absolute Gasteiger partial charge is 0.288 e. The maximum atomic E-state index is 12.7. The highest BCUT2D eigenvalue weighted by molar-refractivity contribution is 7.89. The Labute approximate surface area is 132 Å². The molecular formula is C15H25N3O3S. The van der Waals surface area contributed by atoms with Crippen LogP contribution in [-0.2, 0) is 14.8 Å². The Morgan fingerprint density at radius 3 is 1.95 bits per heavy atom. The molecule has 1 rings (SSSR count). The van der Waals surface area contributed by atoms with Crippen molar-refractivity contribution in [2.75, 3.05) is 14.1 Å². The summed E-state index contributed by atoms with van der Waals surface area (Å²) in [5.74, 6) is -0.409. The predicted octanol–water partition coefficient (Wildman–Crippen LogP) is 1.18. The van der Waals surface area contributed by atoms with E-state index in [1.54, 1.807) is 27.9 Å². The van der Waals surface area contributed by atoms with E-state index in [-0.39, 0.29) is 4.90 Å². The zero-order chi connectivity index (χ0) is 17.2. The second-order valence-electron chi connectivity index (χ2n) is 5.80. The van der Waals surface area contributed by atoms with E-state index in [2.05, 4.69) is 10.1 Å². The van der Waals surface area contributed by atoms with Gasteiger partial charge in [-0.05, 0) is 56.9 Å². The SMILES string of the molecule is Cc1cc(C)c(C)c(S(=O)(=O)N[C@@H](C)C(=O)NN(C)C)c1C. The van der Waals surface area contributed by atoms with Crippen molar-refractivity contribution in [3.8, 4) is 0 Å². The first-order valence-corrected chi connectivity index (χ1v) is 8.53. The molecule has 1 atom stereocenters. The van der Waals surface area contributed by atoms with E-state index in [1.807, 2.05) is 19.9 Å². The minimum absolute atomic E-state index is 0.259. The van der Waals surface area contributed by atoms with Crippen LogP contribution in [-0.4, -0.2) is 39.5 Å². The molecule has 1 aromatic carbocycles. The standard InChI is InChI=1S/C15H25N3O3S/c1-9-8-10(2)12(4)14(11(9)3)22(20,21)17-13(5)15(19)16-18(6)7/h8,13,17H,1-7H3,(H,16,19)/t13-/m0/s1. The summed E-state index contributed by atoms with van der Waals surface area (Å²) in [5.41, 5.74) is 5.77. The van der Waals surface area contributed by atoms with E-state index >= 15 is 0 Å². The fraction of sp³-hybridized carbons (Fsp3) is 0.533. The number of aryl methyl sites for hydroxylation is 2. The van der Waals surface area contributed by atoms with E-state index in [1.165, 1.54) is 11.9 Å². The van der Waals surface area contributed by atoms with Crippen LogP contribution < -0.4 is 10.1 Å². The second-order valence-corrected chi connectivity index (χ2v) is 7.45. The van der Waals surface area contributed by atoms with E-state index in [4.69, 9.17) is 0 Å². The third kappa shape index (κ3) is 4.06. The first-order valence-electron chi connectivity index (χ1n) is 7.05. The number of hydrogen-bond acceptors (Lipinski definition) is 4. The van der Waals surface area contributed by atoms with Gasteiger partial charge in [0.05, 0.1) is 10.9 Å². The first kappa shape index (κ1) is 18.6. The number of benzene rings is 1. The summed E-state index contributed by atoms with van der Waals surface area (Å²) in [6.07, 6.45) is 0. The summed E-state index contributed by atoms with van der Waals surface area (Å²) in [6.45, 7) is 8.83. The number of hydrogen-bond donors (Lipinski definition) is 2. The summed E-state index contributed by atoms with van der Waals surface area (Å²) in [7, 11) is -0.448. The van der Waals surface area contributed by atoms with Crippen molar-refractivity contribution >= 4 is 15.9 Å². The molecule has 0 aliphatic carbocycles. The quantitative estimate of drug-likeness (QED) is 0.796. The monoisotopic (exact) mass is 327 g/mol. The fourth-order valence-electron chi connectivity index (χ4n) is 2.25. The minimum atomic E-state index is -3.78. The zero-order valence-corrected chi connectivity index (χ0v) is 15.1. The van der Waals surface area contributed by atoms with Gasteiger partial charge in [-0.1, -0.05) is 6.07 Å². The lowest BCUT2D eigenvalue weighted by atomic mass is 10.0. The Kier molecular flexibility index (Phi) is 5.72. The number of carbonyl (C=O) groups excluding carboxylic acids is 1. The Morgan fingerprint density at radius 2 is 1.55 bits per heavy atom. The average molecular weight is 327 g/mol. The molecule has 22 heavy (non-hydrogen) atoms. The Hall–Kier alpha value is -1.44. The van der Waals surface area contributed by atoms with Crippen LogP contribution in [0.25, 0.3) is 0 Å². The Morgan fingerprint density at radius 1 is 1.09 bits per heavy atom. The molecule has 0 unspecified atom stereocenters. The van der Waals surface area contributed by atoms with Crippen molar-refractivity contribution in [3.63, 3.8) is 0 Å². The molecule has 124 valence electrons. The van der Waals surface area contributed by atoms with Gasteiger partial charge < -0.3 is 0 Å². The molecule has 2 N–H and O–H groups in total. The summed E-state index contributed by atoms with van der Waals surface area (Å²) in [6, 6.07) is 1.10. The van der Waals surface area contributed by atoms with Gasteiger partial charge in [-0.15, -0.1) is 0 Å². The summed E-state index contributed by atoms with van der Waals surface area (Å²) < 4.78 is 27.8. The van der Waals surface area contributed by atoms with Crippen molar-refractivity contribution < 1.29 is 13.2 Å². The van der Waals surface area contributed by atoms with E-state index in [0.29, 0.717) is 11.1 Å². The predicted molar refractivity (Wildman–Crippen MR) is 87.0 cm³/mol. The van der Waals surface area contributed by atoms with Gasteiger partial charge in [-0.25, -0.2) is 13.4 Å². The molecule has 0 spiro atoms. The number of nitrogens with one attached hydrogen (secondary N) is 2. The highest BCUT2D eigenvalue weighted by Gasteiger charge is 2.26. The first-order chi connectivity index (χ1) is 9.97. The van der Waals surface area contributed by atoms with Crippen LogP contribution in [0.4, 0.5) is 0 Å². The Balaban J connectivity index is 3.19. The van der Waals surface area contributed by atoms with Gasteiger partial charge in [0.15, 0.2) is 0 Å². The zero-order valence-electron chi connectivity index (χ0n) is 14.2. The summed E-state index contributed by atoms with van der Waals surface area (Å²) in [4.78, 5) is 12.1. The van der Waals surface area contributed by atoms with Crippen LogP contribution in [0.2, 0.25) is 0 Å².